The second-order valence-electron chi connectivity index (χ2n) is 9.42. The van der Waals surface area contributed by atoms with Crippen molar-refractivity contribution in [3.8, 4) is 5.75 Å². The fourth-order valence-electron chi connectivity index (χ4n) is 4.59. The highest BCUT2D eigenvalue weighted by molar-refractivity contribution is 8.00. The number of anilines is 2. The average molecular weight is 593 g/mol. The maximum atomic E-state index is 12.5. The smallest absolute Gasteiger partial charge is 0.326 e. The standard InChI is InChI=1S/C32H33ClN2O5S/c1-22(18-31(36)39-3)34(20-23-8-7-9-24(33)19-23)29-16-17-30(28-11-6-5-10-27(28)29)35(21-32(37)40-4)41-26-14-12-25(38-2)13-15-26/h5-17,19,22H,18,20-21H2,1-4H3/t22-/m0/s1. The number of ether oxygens (including phenoxy) is 3. The van der Waals surface area contributed by atoms with Gasteiger partial charge in [0.2, 0.25) is 0 Å². The Morgan fingerprint density at radius 1 is 0.829 bits per heavy atom. The van der Waals surface area contributed by atoms with Gasteiger partial charge in [-0.2, -0.15) is 0 Å². The van der Waals surface area contributed by atoms with Gasteiger partial charge < -0.3 is 23.4 Å². The van der Waals surface area contributed by atoms with E-state index in [4.69, 9.17) is 25.8 Å². The highest BCUT2D eigenvalue weighted by Gasteiger charge is 2.23. The molecule has 0 N–H and O–H groups in total. The summed E-state index contributed by atoms with van der Waals surface area (Å²) in [5.41, 5.74) is 2.83. The van der Waals surface area contributed by atoms with E-state index in [9.17, 15) is 9.59 Å². The van der Waals surface area contributed by atoms with Crippen LogP contribution in [0, 0.1) is 0 Å². The summed E-state index contributed by atoms with van der Waals surface area (Å²) in [7, 11) is 4.41. The van der Waals surface area contributed by atoms with Gasteiger partial charge in [0, 0.05) is 39.0 Å². The lowest BCUT2D eigenvalue weighted by molar-refractivity contribution is -0.141. The SMILES string of the molecule is COC(=O)C[C@H](C)N(Cc1cccc(Cl)c1)c1ccc(N(CC(=O)OC)Sc2ccc(OC)cc2)c2ccccc12. The third-order valence-corrected chi connectivity index (χ3v) is 7.96. The maximum absolute atomic E-state index is 12.5. The van der Waals surface area contributed by atoms with Crippen LogP contribution in [0.3, 0.4) is 0 Å². The van der Waals surface area contributed by atoms with E-state index < -0.39 is 0 Å². The van der Waals surface area contributed by atoms with E-state index in [1.165, 1.54) is 26.2 Å². The highest BCUT2D eigenvalue weighted by Crippen LogP contribution is 2.40. The molecule has 1 atom stereocenters. The lowest BCUT2D eigenvalue weighted by Crippen LogP contribution is -2.35. The van der Waals surface area contributed by atoms with Gasteiger partial charge in [-0.1, -0.05) is 48.0 Å². The number of esters is 2. The zero-order valence-corrected chi connectivity index (χ0v) is 25.1. The van der Waals surface area contributed by atoms with Crippen molar-refractivity contribution in [2.45, 2.75) is 30.8 Å². The average Bonchev–Trinajstić information content (AvgIpc) is 2.99. The van der Waals surface area contributed by atoms with Gasteiger partial charge in [0.15, 0.2) is 0 Å². The Hall–Kier alpha value is -3.88. The summed E-state index contributed by atoms with van der Waals surface area (Å²) in [6.45, 7) is 2.59. The molecule has 214 valence electrons. The number of halogens is 1. The second kappa shape index (κ2) is 14.1. The summed E-state index contributed by atoms with van der Waals surface area (Å²) >= 11 is 7.75. The number of carbonyl (C=O) groups is 2. The minimum absolute atomic E-state index is 0.0432. The summed E-state index contributed by atoms with van der Waals surface area (Å²) in [4.78, 5) is 27.9. The Morgan fingerprint density at radius 3 is 2.12 bits per heavy atom. The predicted octanol–water partition coefficient (Wildman–Crippen LogP) is 7.15. The van der Waals surface area contributed by atoms with E-state index in [1.807, 2.05) is 90.1 Å². The summed E-state index contributed by atoms with van der Waals surface area (Å²) in [6.07, 6.45) is 0.217. The normalized spacial score (nSPS) is 11.5. The van der Waals surface area contributed by atoms with Crippen LogP contribution in [0.25, 0.3) is 10.8 Å². The molecule has 9 heteroatoms. The van der Waals surface area contributed by atoms with Gasteiger partial charge in [0.1, 0.15) is 12.3 Å². The predicted molar refractivity (Wildman–Crippen MR) is 166 cm³/mol. The van der Waals surface area contributed by atoms with Gasteiger partial charge in [-0.3, -0.25) is 9.59 Å². The zero-order chi connectivity index (χ0) is 29.4. The van der Waals surface area contributed by atoms with Crippen molar-refractivity contribution in [1.29, 1.82) is 0 Å². The van der Waals surface area contributed by atoms with E-state index in [2.05, 4.69) is 11.0 Å². The first-order valence-electron chi connectivity index (χ1n) is 13.1. The van der Waals surface area contributed by atoms with Gasteiger partial charge >= 0.3 is 11.9 Å². The van der Waals surface area contributed by atoms with Crippen LogP contribution in [0.1, 0.15) is 18.9 Å². The molecule has 0 heterocycles. The van der Waals surface area contributed by atoms with Crippen LogP contribution >= 0.6 is 23.5 Å². The summed E-state index contributed by atoms with van der Waals surface area (Å²) in [5.74, 6) is 0.118. The van der Waals surface area contributed by atoms with Crippen molar-refractivity contribution in [2.75, 3.05) is 37.1 Å². The van der Waals surface area contributed by atoms with Crippen molar-refractivity contribution < 1.29 is 23.8 Å². The fraction of sp³-hybridized carbons (Fsp3) is 0.250. The molecule has 0 radical (unpaired) electrons. The third kappa shape index (κ3) is 7.65. The number of rotatable bonds is 12. The van der Waals surface area contributed by atoms with Gasteiger partial charge in [0.05, 0.1) is 33.4 Å². The molecular formula is C32H33ClN2O5S. The number of nitrogens with zero attached hydrogens (tertiary/aromatic N) is 2. The Labute approximate surface area is 250 Å². The molecule has 4 rings (SSSR count). The molecule has 0 saturated carbocycles. The van der Waals surface area contributed by atoms with Crippen LogP contribution in [-0.4, -0.2) is 45.9 Å². The molecule has 0 saturated heterocycles. The van der Waals surface area contributed by atoms with Crippen molar-refractivity contribution in [3.05, 3.63) is 95.5 Å². The summed E-state index contributed by atoms with van der Waals surface area (Å²) in [6, 6.07) is 27.3. The molecule has 4 aromatic rings. The molecule has 0 bridgehead atoms. The van der Waals surface area contributed by atoms with Crippen LogP contribution in [0.4, 0.5) is 11.4 Å². The summed E-state index contributed by atoms with van der Waals surface area (Å²) in [5, 5.41) is 2.59. The number of hydrogen-bond donors (Lipinski definition) is 0. The Kier molecular flexibility index (Phi) is 10.4. The van der Waals surface area contributed by atoms with Gasteiger partial charge in [-0.25, -0.2) is 0 Å². The molecule has 0 aliphatic heterocycles. The van der Waals surface area contributed by atoms with Gasteiger partial charge in [-0.15, -0.1) is 0 Å². The first kappa shape index (κ1) is 30.1. The third-order valence-electron chi connectivity index (χ3n) is 6.70. The molecule has 0 fully saturated rings. The van der Waals surface area contributed by atoms with Crippen LogP contribution in [0.2, 0.25) is 5.02 Å². The summed E-state index contributed by atoms with van der Waals surface area (Å²) < 4.78 is 17.2. The molecule has 0 aromatic heterocycles. The molecule has 0 unspecified atom stereocenters. The minimum atomic E-state index is -0.353. The maximum Gasteiger partial charge on any atom is 0.326 e. The zero-order valence-electron chi connectivity index (χ0n) is 23.5. The van der Waals surface area contributed by atoms with Crippen LogP contribution in [0.5, 0.6) is 5.75 Å². The van der Waals surface area contributed by atoms with E-state index in [0.717, 1.165) is 38.4 Å². The molecule has 0 spiro atoms. The largest absolute Gasteiger partial charge is 0.497 e. The van der Waals surface area contributed by atoms with E-state index in [0.29, 0.717) is 11.6 Å². The van der Waals surface area contributed by atoms with Gasteiger partial charge in [0.25, 0.3) is 0 Å². The molecule has 0 aliphatic carbocycles. The number of carbonyl (C=O) groups excluding carboxylic acids is 2. The van der Waals surface area contributed by atoms with Crippen molar-refractivity contribution in [2.24, 2.45) is 0 Å². The van der Waals surface area contributed by atoms with E-state index in [-0.39, 0.29) is 30.9 Å². The second-order valence-corrected chi connectivity index (χ2v) is 10.9. The minimum Gasteiger partial charge on any atom is -0.497 e. The highest BCUT2D eigenvalue weighted by atomic mass is 35.5. The van der Waals surface area contributed by atoms with Crippen molar-refractivity contribution in [3.63, 3.8) is 0 Å². The van der Waals surface area contributed by atoms with Crippen molar-refractivity contribution in [1.82, 2.24) is 0 Å². The first-order valence-corrected chi connectivity index (χ1v) is 14.2. The molecule has 4 aromatic carbocycles. The Bertz CT molecular complexity index is 1500. The lowest BCUT2D eigenvalue weighted by atomic mass is 10.0. The lowest BCUT2D eigenvalue weighted by Gasteiger charge is -2.33. The number of benzene rings is 4. The quantitative estimate of drug-likeness (QED) is 0.127. The van der Waals surface area contributed by atoms with E-state index >= 15 is 0 Å². The van der Waals surface area contributed by atoms with Crippen LogP contribution in [0.15, 0.2) is 89.8 Å². The Balaban J connectivity index is 1.79. The molecule has 41 heavy (non-hydrogen) atoms. The van der Waals surface area contributed by atoms with Crippen molar-refractivity contribution >= 4 is 57.6 Å². The first-order chi connectivity index (χ1) is 19.8. The molecule has 0 aliphatic rings. The topological polar surface area (TPSA) is 68.3 Å². The fourth-order valence-corrected chi connectivity index (χ4v) is 5.75. The number of hydrogen-bond acceptors (Lipinski definition) is 8. The molecule has 7 nitrogen and oxygen atoms in total. The number of fused-ring (bicyclic) bond motifs is 1. The number of methoxy groups -OCH3 is 3. The van der Waals surface area contributed by atoms with Gasteiger partial charge in [-0.05, 0) is 73.0 Å². The monoisotopic (exact) mass is 592 g/mol. The molecular weight excluding hydrogens is 560 g/mol. The molecule has 0 amide bonds. The van der Waals surface area contributed by atoms with Crippen LogP contribution in [-0.2, 0) is 25.6 Å². The van der Waals surface area contributed by atoms with E-state index in [1.54, 1.807) is 7.11 Å². The Morgan fingerprint density at radius 2 is 1.49 bits per heavy atom. The van der Waals surface area contributed by atoms with Crippen LogP contribution < -0.4 is 13.9 Å².